The van der Waals surface area contributed by atoms with Crippen molar-refractivity contribution in [3.8, 4) is 0 Å². The minimum Gasteiger partial charge on any atom is -0.426 e. The number of aromatic nitrogens is 2. The Balaban J connectivity index is 2.09. The Morgan fingerprint density at radius 3 is 2.54 bits per heavy atom. The van der Waals surface area contributed by atoms with Crippen LogP contribution in [-0.2, 0) is 11.2 Å². The molecular formula is C15H17BN4O4. The maximum Gasteiger partial charge on any atom is 0.472 e. The molecule has 1 atom stereocenters. The van der Waals surface area contributed by atoms with E-state index in [4.69, 9.17) is 10.0 Å². The SMILES string of the molecule is O=C(N[C@@H](Cc1ccccc1)C(=O)NCB(O)O)c1cnccn1. The lowest BCUT2D eigenvalue weighted by atomic mass is 9.92. The summed E-state index contributed by atoms with van der Waals surface area (Å²) in [5, 5.41) is 22.7. The summed E-state index contributed by atoms with van der Waals surface area (Å²) in [6, 6.07) is 8.27. The van der Waals surface area contributed by atoms with E-state index in [1.807, 2.05) is 30.3 Å². The molecule has 0 aliphatic heterocycles. The molecule has 0 saturated heterocycles. The molecule has 0 radical (unpaired) electrons. The Morgan fingerprint density at radius 1 is 1.17 bits per heavy atom. The van der Waals surface area contributed by atoms with E-state index in [0.717, 1.165) is 5.56 Å². The van der Waals surface area contributed by atoms with Gasteiger partial charge in [0.2, 0.25) is 5.91 Å². The smallest absolute Gasteiger partial charge is 0.426 e. The van der Waals surface area contributed by atoms with E-state index in [1.54, 1.807) is 0 Å². The Morgan fingerprint density at radius 2 is 1.92 bits per heavy atom. The third kappa shape index (κ3) is 5.45. The molecule has 4 N–H and O–H groups in total. The van der Waals surface area contributed by atoms with E-state index in [2.05, 4.69) is 20.6 Å². The van der Waals surface area contributed by atoms with E-state index in [9.17, 15) is 9.59 Å². The first kappa shape index (κ1) is 17.6. The van der Waals surface area contributed by atoms with Gasteiger partial charge >= 0.3 is 7.12 Å². The molecule has 2 aromatic rings. The van der Waals surface area contributed by atoms with Crippen LogP contribution in [0.2, 0.25) is 0 Å². The molecule has 0 aliphatic rings. The Labute approximate surface area is 139 Å². The number of rotatable bonds is 7. The van der Waals surface area contributed by atoms with Gasteiger partial charge in [0.25, 0.3) is 5.91 Å². The fraction of sp³-hybridized carbons (Fsp3) is 0.200. The molecule has 1 aromatic carbocycles. The van der Waals surface area contributed by atoms with Crippen molar-refractivity contribution < 1.29 is 19.6 Å². The molecule has 124 valence electrons. The lowest BCUT2D eigenvalue weighted by Gasteiger charge is -2.18. The molecule has 0 aliphatic carbocycles. The Kier molecular flexibility index (Phi) is 6.41. The normalized spacial score (nSPS) is 11.4. The summed E-state index contributed by atoms with van der Waals surface area (Å²) in [6.45, 7) is 0. The number of benzene rings is 1. The quantitative estimate of drug-likeness (QED) is 0.481. The number of carbonyl (C=O) groups excluding carboxylic acids is 2. The lowest BCUT2D eigenvalue weighted by Crippen LogP contribution is -2.50. The van der Waals surface area contributed by atoms with Gasteiger partial charge in [-0.3, -0.25) is 14.6 Å². The molecular weight excluding hydrogens is 311 g/mol. The second-order valence-electron chi connectivity index (χ2n) is 5.03. The highest BCUT2D eigenvalue weighted by atomic mass is 16.4. The van der Waals surface area contributed by atoms with Crippen LogP contribution in [0.3, 0.4) is 0 Å². The number of carbonyl (C=O) groups is 2. The van der Waals surface area contributed by atoms with Crippen LogP contribution in [0.5, 0.6) is 0 Å². The van der Waals surface area contributed by atoms with Crippen LogP contribution in [0.4, 0.5) is 0 Å². The molecule has 0 fully saturated rings. The summed E-state index contributed by atoms with van der Waals surface area (Å²) in [4.78, 5) is 32.1. The molecule has 0 bridgehead atoms. The summed E-state index contributed by atoms with van der Waals surface area (Å²) >= 11 is 0. The molecule has 1 aromatic heterocycles. The topological polar surface area (TPSA) is 124 Å². The van der Waals surface area contributed by atoms with Crippen LogP contribution < -0.4 is 10.6 Å². The Hall–Kier alpha value is -2.78. The van der Waals surface area contributed by atoms with Crippen LogP contribution in [0, 0.1) is 0 Å². The number of nitrogens with zero attached hydrogens (tertiary/aromatic N) is 2. The lowest BCUT2D eigenvalue weighted by molar-refractivity contribution is -0.122. The molecule has 2 rings (SSSR count). The van der Waals surface area contributed by atoms with E-state index in [-0.39, 0.29) is 18.6 Å². The minimum absolute atomic E-state index is 0.0885. The average molecular weight is 328 g/mol. The molecule has 0 spiro atoms. The zero-order valence-corrected chi connectivity index (χ0v) is 12.8. The van der Waals surface area contributed by atoms with Crippen LogP contribution in [-0.4, -0.2) is 51.4 Å². The van der Waals surface area contributed by atoms with Crippen molar-refractivity contribution in [3.05, 3.63) is 60.2 Å². The largest absolute Gasteiger partial charge is 0.472 e. The molecule has 0 saturated carbocycles. The summed E-state index contributed by atoms with van der Waals surface area (Å²) in [5.74, 6) is -1.06. The predicted molar refractivity (Wildman–Crippen MR) is 86.6 cm³/mol. The van der Waals surface area contributed by atoms with Gasteiger partial charge in [0.15, 0.2) is 0 Å². The van der Waals surface area contributed by atoms with Crippen LogP contribution in [0.25, 0.3) is 0 Å². The first-order valence-corrected chi connectivity index (χ1v) is 7.31. The summed E-state index contributed by atoms with van der Waals surface area (Å²) < 4.78 is 0. The Bertz CT molecular complexity index is 670. The van der Waals surface area contributed by atoms with Gasteiger partial charge in [-0.1, -0.05) is 30.3 Å². The van der Waals surface area contributed by atoms with Crippen molar-refractivity contribution in [1.82, 2.24) is 20.6 Å². The second kappa shape index (κ2) is 8.75. The summed E-state index contributed by atoms with van der Waals surface area (Å²) in [5.41, 5.74) is 0.937. The van der Waals surface area contributed by atoms with Gasteiger partial charge < -0.3 is 20.7 Å². The molecule has 0 unspecified atom stereocenters. The zero-order valence-electron chi connectivity index (χ0n) is 12.8. The monoisotopic (exact) mass is 328 g/mol. The molecule has 2 amide bonds. The number of hydrogen-bond acceptors (Lipinski definition) is 6. The van der Waals surface area contributed by atoms with Crippen LogP contribution >= 0.6 is 0 Å². The fourth-order valence-corrected chi connectivity index (χ4v) is 2.02. The number of nitrogens with one attached hydrogen (secondary N) is 2. The highest BCUT2D eigenvalue weighted by Gasteiger charge is 2.23. The van der Waals surface area contributed by atoms with Crippen LogP contribution in [0.15, 0.2) is 48.9 Å². The van der Waals surface area contributed by atoms with Gasteiger partial charge in [0.05, 0.1) is 12.6 Å². The van der Waals surface area contributed by atoms with Gasteiger partial charge in [-0.25, -0.2) is 4.98 Å². The molecule has 24 heavy (non-hydrogen) atoms. The zero-order chi connectivity index (χ0) is 17.4. The van der Waals surface area contributed by atoms with E-state index in [1.165, 1.54) is 18.6 Å². The average Bonchev–Trinajstić information content (AvgIpc) is 2.60. The number of hydrogen-bond donors (Lipinski definition) is 4. The highest BCUT2D eigenvalue weighted by molar-refractivity contribution is 6.41. The van der Waals surface area contributed by atoms with Crippen molar-refractivity contribution in [3.63, 3.8) is 0 Å². The third-order valence-corrected chi connectivity index (χ3v) is 3.16. The van der Waals surface area contributed by atoms with Crippen molar-refractivity contribution in [1.29, 1.82) is 0 Å². The third-order valence-electron chi connectivity index (χ3n) is 3.16. The van der Waals surface area contributed by atoms with Gasteiger partial charge in [-0.15, -0.1) is 0 Å². The molecule has 1 heterocycles. The van der Waals surface area contributed by atoms with Gasteiger partial charge in [-0.2, -0.15) is 0 Å². The molecule has 8 nitrogen and oxygen atoms in total. The van der Waals surface area contributed by atoms with Crippen molar-refractivity contribution in [2.45, 2.75) is 12.5 Å². The summed E-state index contributed by atoms with van der Waals surface area (Å²) in [7, 11) is -1.66. The summed E-state index contributed by atoms with van der Waals surface area (Å²) in [6.07, 6.45) is 4.03. The highest BCUT2D eigenvalue weighted by Crippen LogP contribution is 2.04. The van der Waals surface area contributed by atoms with E-state index >= 15 is 0 Å². The van der Waals surface area contributed by atoms with Gasteiger partial charge in [0, 0.05) is 18.8 Å². The van der Waals surface area contributed by atoms with E-state index in [0.29, 0.717) is 0 Å². The van der Waals surface area contributed by atoms with Gasteiger partial charge in [0.1, 0.15) is 11.7 Å². The van der Waals surface area contributed by atoms with Crippen molar-refractivity contribution in [2.75, 3.05) is 6.44 Å². The first-order chi connectivity index (χ1) is 11.6. The van der Waals surface area contributed by atoms with E-state index < -0.39 is 25.0 Å². The van der Waals surface area contributed by atoms with Gasteiger partial charge in [-0.05, 0) is 5.56 Å². The maximum atomic E-state index is 12.2. The standard InChI is InChI=1S/C15H17BN4O4/c21-14(19-10-16(23)24)12(8-11-4-2-1-3-5-11)20-15(22)13-9-17-6-7-18-13/h1-7,9,12,23-24H,8,10H2,(H,19,21)(H,20,22)/t12-/m0/s1. The van der Waals surface area contributed by atoms with Crippen molar-refractivity contribution in [2.24, 2.45) is 0 Å². The van der Waals surface area contributed by atoms with Crippen molar-refractivity contribution >= 4 is 18.9 Å². The van der Waals surface area contributed by atoms with Crippen LogP contribution in [0.1, 0.15) is 16.1 Å². The fourth-order valence-electron chi connectivity index (χ4n) is 2.02. The molecule has 9 heteroatoms. The number of amides is 2. The minimum atomic E-state index is -1.66. The maximum absolute atomic E-state index is 12.2. The predicted octanol–water partition coefficient (Wildman–Crippen LogP) is -1.05. The first-order valence-electron chi connectivity index (χ1n) is 7.31. The second-order valence-corrected chi connectivity index (χ2v) is 5.03.